The Morgan fingerprint density at radius 1 is 1.44 bits per heavy atom. The molecule has 3 rings (SSSR count). The molecule has 1 amide bonds. The Hall–Kier alpha value is -1.55. The van der Waals surface area contributed by atoms with Crippen LogP contribution in [-0.2, 0) is 19.6 Å². The Bertz CT molecular complexity index is 898. The van der Waals surface area contributed by atoms with Gasteiger partial charge < -0.3 is 10.1 Å². The maximum atomic E-state index is 13.1. The number of nitrogens with zero attached hydrogens (tertiary/aromatic N) is 2. The van der Waals surface area contributed by atoms with Crippen molar-refractivity contribution in [3.8, 4) is 0 Å². The molecule has 1 aliphatic rings. The molecular weight excluding hydrogens is 410 g/mol. The van der Waals surface area contributed by atoms with Gasteiger partial charge in [0.1, 0.15) is 6.61 Å². The molecule has 0 saturated carbocycles. The summed E-state index contributed by atoms with van der Waals surface area (Å²) in [6, 6.07) is 4.91. The summed E-state index contributed by atoms with van der Waals surface area (Å²) < 4.78 is 33.0. The highest BCUT2D eigenvalue weighted by atomic mass is 79.9. The Kier molecular flexibility index (Phi) is 5.38. The predicted molar refractivity (Wildman–Crippen MR) is 96.6 cm³/mol. The molecule has 2 aromatic rings. The van der Waals surface area contributed by atoms with Gasteiger partial charge in [0.2, 0.25) is 15.9 Å². The molecule has 2 heterocycles. The third kappa shape index (κ3) is 3.69. The summed E-state index contributed by atoms with van der Waals surface area (Å²) in [5, 5.41) is 4.16. The van der Waals surface area contributed by atoms with Crippen LogP contribution < -0.4 is 5.32 Å². The van der Waals surface area contributed by atoms with Crippen LogP contribution in [-0.4, -0.2) is 56.5 Å². The van der Waals surface area contributed by atoms with Gasteiger partial charge in [0, 0.05) is 53.9 Å². The second kappa shape index (κ2) is 7.36. The average Bonchev–Trinajstić information content (AvgIpc) is 3.04. The summed E-state index contributed by atoms with van der Waals surface area (Å²) in [5.74, 6) is -0.245. The van der Waals surface area contributed by atoms with Crippen molar-refractivity contribution in [2.24, 2.45) is 0 Å². The van der Waals surface area contributed by atoms with Crippen molar-refractivity contribution in [1.82, 2.24) is 14.6 Å². The lowest BCUT2D eigenvalue weighted by molar-refractivity contribution is -0.125. The number of ether oxygens (including phenoxy) is 1. The number of halogens is 1. The number of methoxy groups -OCH3 is 1. The van der Waals surface area contributed by atoms with Crippen molar-refractivity contribution >= 4 is 42.6 Å². The van der Waals surface area contributed by atoms with Crippen LogP contribution in [0.4, 0.5) is 0 Å². The van der Waals surface area contributed by atoms with Crippen LogP contribution >= 0.6 is 15.9 Å². The smallest absolute Gasteiger partial charge is 0.246 e. The maximum Gasteiger partial charge on any atom is 0.246 e. The van der Waals surface area contributed by atoms with Crippen LogP contribution in [0.1, 0.15) is 6.42 Å². The van der Waals surface area contributed by atoms with Gasteiger partial charge in [-0.05, 0) is 28.4 Å². The summed E-state index contributed by atoms with van der Waals surface area (Å²) in [5.41, 5.74) is 0. The van der Waals surface area contributed by atoms with Crippen LogP contribution in [0.2, 0.25) is 0 Å². The van der Waals surface area contributed by atoms with Gasteiger partial charge in [-0.2, -0.15) is 4.31 Å². The number of hydrogen-bond donors (Lipinski definition) is 1. The standard InChI is InChI=1S/C16H18BrN3O4S/c1-24-10-15(21)19-12-5-6-20(9-12)25(22,23)14-4-2-3-11-7-18-8-13(17)16(11)14/h2-4,7-8,12H,5-6,9-10H2,1H3,(H,19,21)/t12-/m1/s1. The molecule has 0 spiro atoms. The van der Waals surface area contributed by atoms with Crippen LogP contribution in [0, 0.1) is 0 Å². The van der Waals surface area contributed by atoms with Crippen LogP contribution in [0.25, 0.3) is 10.8 Å². The number of nitrogens with one attached hydrogen (secondary N) is 1. The molecule has 1 saturated heterocycles. The van der Waals surface area contributed by atoms with Gasteiger partial charge >= 0.3 is 0 Å². The molecule has 9 heteroatoms. The molecule has 1 atom stereocenters. The summed E-state index contributed by atoms with van der Waals surface area (Å²) in [4.78, 5) is 15.9. The van der Waals surface area contributed by atoms with Crippen molar-refractivity contribution in [3.05, 3.63) is 35.1 Å². The minimum atomic E-state index is -3.68. The monoisotopic (exact) mass is 427 g/mol. The second-order valence-electron chi connectivity index (χ2n) is 5.82. The molecule has 1 aromatic heterocycles. The van der Waals surface area contributed by atoms with Gasteiger partial charge in [0.25, 0.3) is 0 Å². The number of sulfonamides is 1. The van der Waals surface area contributed by atoms with E-state index in [9.17, 15) is 13.2 Å². The number of amides is 1. The van der Waals surface area contributed by atoms with E-state index in [4.69, 9.17) is 4.74 Å². The van der Waals surface area contributed by atoms with Gasteiger partial charge in [0.15, 0.2) is 0 Å². The van der Waals surface area contributed by atoms with E-state index in [-0.39, 0.29) is 30.0 Å². The van der Waals surface area contributed by atoms with Gasteiger partial charge in [0.05, 0.1) is 4.90 Å². The Balaban J connectivity index is 1.87. The second-order valence-corrected chi connectivity index (χ2v) is 8.59. The van der Waals surface area contributed by atoms with E-state index in [1.54, 1.807) is 24.5 Å². The molecule has 25 heavy (non-hydrogen) atoms. The predicted octanol–water partition coefficient (Wildman–Crippen LogP) is 1.52. The molecule has 134 valence electrons. The first-order chi connectivity index (χ1) is 11.9. The number of fused-ring (bicyclic) bond motifs is 1. The highest BCUT2D eigenvalue weighted by Crippen LogP contribution is 2.32. The lowest BCUT2D eigenvalue weighted by Gasteiger charge is -2.18. The summed E-state index contributed by atoms with van der Waals surface area (Å²) in [6.45, 7) is 0.572. The first-order valence-electron chi connectivity index (χ1n) is 7.74. The Labute approximate surface area is 154 Å². The van der Waals surface area contributed by atoms with E-state index in [2.05, 4.69) is 26.2 Å². The quantitative estimate of drug-likeness (QED) is 0.781. The summed E-state index contributed by atoms with van der Waals surface area (Å²) in [6.07, 6.45) is 3.79. The molecular formula is C16H18BrN3O4S. The van der Waals surface area contributed by atoms with E-state index in [0.29, 0.717) is 22.8 Å². The maximum absolute atomic E-state index is 13.1. The first kappa shape index (κ1) is 18.2. The van der Waals surface area contributed by atoms with E-state index in [1.165, 1.54) is 11.4 Å². The van der Waals surface area contributed by atoms with Crippen LogP contribution in [0.3, 0.4) is 0 Å². The van der Waals surface area contributed by atoms with Gasteiger partial charge in [-0.1, -0.05) is 12.1 Å². The normalized spacial score (nSPS) is 18.6. The van der Waals surface area contributed by atoms with E-state index < -0.39 is 10.0 Å². The largest absolute Gasteiger partial charge is 0.375 e. The van der Waals surface area contributed by atoms with Crippen molar-refractivity contribution in [1.29, 1.82) is 0 Å². The molecule has 1 aliphatic heterocycles. The fraction of sp³-hybridized carbons (Fsp3) is 0.375. The lowest BCUT2D eigenvalue weighted by atomic mass is 10.2. The SMILES string of the molecule is COCC(=O)N[C@@H]1CCN(S(=O)(=O)c2cccc3cncc(Br)c23)C1. The van der Waals surface area contributed by atoms with Gasteiger partial charge in [-0.25, -0.2) is 8.42 Å². The van der Waals surface area contributed by atoms with E-state index >= 15 is 0 Å². The molecule has 1 aromatic carbocycles. The molecule has 0 radical (unpaired) electrons. The Morgan fingerprint density at radius 2 is 2.24 bits per heavy atom. The zero-order chi connectivity index (χ0) is 18.0. The van der Waals surface area contributed by atoms with Crippen molar-refractivity contribution < 1.29 is 17.9 Å². The minimum Gasteiger partial charge on any atom is -0.375 e. The molecule has 0 aliphatic carbocycles. The van der Waals surface area contributed by atoms with Gasteiger partial charge in [-0.15, -0.1) is 0 Å². The molecule has 0 bridgehead atoms. The van der Waals surface area contributed by atoms with Crippen molar-refractivity contribution in [2.75, 3.05) is 26.8 Å². The third-order valence-electron chi connectivity index (χ3n) is 4.11. The summed E-state index contributed by atoms with van der Waals surface area (Å²) >= 11 is 3.39. The van der Waals surface area contributed by atoms with E-state index in [0.717, 1.165) is 5.39 Å². The minimum absolute atomic E-state index is 0.0352. The number of aromatic nitrogens is 1. The molecule has 1 N–H and O–H groups in total. The zero-order valence-corrected chi connectivity index (χ0v) is 16.0. The van der Waals surface area contributed by atoms with Crippen molar-refractivity contribution in [2.45, 2.75) is 17.4 Å². The number of carbonyl (C=O) groups is 1. The van der Waals surface area contributed by atoms with Crippen LogP contribution in [0.15, 0.2) is 40.0 Å². The highest BCUT2D eigenvalue weighted by molar-refractivity contribution is 9.10. The fourth-order valence-corrected chi connectivity index (χ4v) is 5.41. The summed E-state index contributed by atoms with van der Waals surface area (Å²) in [7, 11) is -2.23. The zero-order valence-electron chi connectivity index (χ0n) is 13.6. The number of carbonyl (C=O) groups excluding carboxylic acids is 1. The van der Waals surface area contributed by atoms with Gasteiger partial charge in [-0.3, -0.25) is 9.78 Å². The first-order valence-corrected chi connectivity index (χ1v) is 9.97. The number of hydrogen-bond acceptors (Lipinski definition) is 5. The number of benzene rings is 1. The lowest BCUT2D eigenvalue weighted by Crippen LogP contribution is -2.40. The average molecular weight is 428 g/mol. The topological polar surface area (TPSA) is 88.6 Å². The Morgan fingerprint density at radius 3 is 3.00 bits per heavy atom. The highest BCUT2D eigenvalue weighted by Gasteiger charge is 2.34. The third-order valence-corrected chi connectivity index (χ3v) is 6.62. The molecule has 0 unspecified atom stereocenters. The number of rotatable bonds is 5. The molecule has 7 nitrogen and oxygen atoms in total. The molecule has 1 fully saturated rings. The fourth-order valence-electron chi connectivity index (χ4n) is 2.98. The van der Waals surface area contributed by atoms with Crippen LogP contribution in [0.5, 0.6) is 0 Å². The van der Waals surface area contributed by atoms with Crippen molar-refractivity contribution in [3.63, 3.8) is 0 Å². The van der Waals surface area contributed by atoms with E-state index in [1.807, 2.05) is 6.07 Å². The number of pyridine rings is 1.